The van der Waals surface area contributed by atoms with Crippen molar-refractivity contribution in [1.82, 2.24) is 0 Å². The first-order chi connectivity index (χ1) is 10.6. The minimum atomic E-state index is -1.49. The van der Waals surface area contributed by atoms with Gasteiger partial charge in [-0.1, -0.05) is 59.2 Å². The molecule has 1 aromatic rings. The molecule has 1 saturated heterocycles. The van der Waals surface area contributed by atoms with Crippen molar-refractivity contribution in [3.63, 3.8) is 0 Å². The van der Waals surface area contributed by atoms with Crippen molar-refractivity contribution < 1.29 is 14.6 Å². The van der Waals surface area contributed by atoms with E-state index in [0.717, 1.165) is 36.0 Å². The van der Waals surface area contributed by atoms with Crippen molar-refractivity contribution in [1.29, 1.82) is 0 Å². The number of rotatable bonds is 1. The van der Waals surface area contributed by atoms with Crippen LogP contribution in [-0.2, 0) is 20.5 Å². The summed E-state index contributed by atoms with van der Waals surface area (Å²) in [6, 6.07) is 6.31. The molecular weight excluding hydrogens is 288 g/mol. The lowest BCUT2D eigenvalue weighted by molar-refractivity contribution is -0.326. The van der Waals surface area contributed by atoms with E-state index in [9.17, 15) is 9.90 Å². The number of esters is 1. The first kappa shape index (κ1) is 15.2. The lowest BCUT2D eigenvalue weighted by atomic mass is 9.48. The second-order valence-electron chi connectivity index (χ2n) is 8.81. The smallest absolute Gasteiger partial charge is 0.347 e. The summed E-state index contributed by atoms with van der Waals surface area (Å²) in [4.78, 5) is 12.5. The van der Waals surface area contributed by atoms with Crippen LogP contribution in [0.3, 0.4) is 0 Å². The van der Waals surface area contributed by atoms with Crippen LogP contribution in [0.4, 0.5) is 0 Å². The zero-order chi connectivity index (χ0) is 16.8. The Hall–Kier alpha value is -1.35. The fraction of sp³-hybridized carbons (Fsp3) is 0.650. The van der Waals surface area contributed by atoms with Gasteiger partial charge in [-0.25, -0.2) is 4.79 Å². The Morgan fingerprint density at radius 2 is 1.83 bits per heavy atom. The molecule has 1 spiro atoms. The molecule has 0 radical (unpaired) electrons. The van der Waals surface area contributed by atoms with Gasteiger partial charge >= 0.3 is 5.97 Å². The number of benzene rings is 1. The minimum absolute atomic E-state index is 0.250. The third-order valence-corrected chi connectivity index (χ3v) is 6.95. The van der Waals surface area contributed by atoms with Crippen LogP contribution >= 0.6 is 0 Å². The van der Waals surface area contributed by atoms with Gasteiger partial charge < -0.3 is 9.84 Å². The van der Waals surface area contributed by atoms with Gasteiger partial charge in [-0.05, 0) is 29.9 Å². The van der Waals surface area contributed by atoms with Gasteiger partial charge in [-0.2, -0.15) is 0 Å². The average Bonchev–Trinajstić information content (AvgIpc) is 2.61. The first-order valence-electron chi connectivity index (χ1n) is 8.72. The highest BCUT2D eigenvalue weighted by Gasteiger charge is 2.86. The van der Waals surface area contributed by atoms with Crippen molar-refractivity contribution in [2.24, 2.45) is 5.41 Å². The van der Waals surface area contributed by atoms with E-state index in [1.807, 2.05) is 6.07 Å². The second kappa shape index (κ2) is 4.00. The summed E-state index contributed by atoms with van der Waals surface area (Å²) in [5.41, 5.74) is 0.154. The number of ether oxygens (including phenoxy) is 1. The Morgan fingerprint density at radius 1 is 1.13 bits per heavy atom. The van der Waals surface area contributed by atoms with E-state index in [2.05, 4.69) is 46.8 Å². The van der Waals surface area contributed by atoms with Crippen LogP contribution in [0, 0.1) is 5.41 Å². The molecule has 0 bridgehead atoms. The molecule has 124 valence electrons. The van der Waals surface area contributed by atoms with E-state index < -0.39 is 17.2 Å². The SMILES string of the molecule is CC(C)c1ccc2c(c1)C1(O)C(=O)OC13C(C)(C)CCC[C@]23C. The van der Waals surface area contributed by atoms with Gasteiger partial charge in [0, 0.05) is 16.4 Å². The summed E-state index contributed by atoms with van der Waals surface area (Å²) in [5.74, 6) is -0.113. The zero-order valence-electron chi connectivity index (χ0n) is 14.7. The molecule has 0 amide bonds. The molecule has 1 heterocycles. The molecule has 4 rings (SSSR count). The van der Waals surface area contributed by atoms with Crippen molar-refractivity contribution in [2.45, 2.75) is 76.4 Å². The number of carbonyl (C=O) groups excluding carboxylic acids is 1. The molecule has 3 aliphatic rings. The largest absolute Gasteiger partial charge is 0.451 e. The number of hydrogen-bond acceptors (Lipinski definition) is 3. The average molecular weight is 314 g/mol. The summed E-state index contributed by atoms with van der Waals surface area (Å²) in [6.07, 6.45) is 2.99. The van der Waals surface area contributed by atoms with Crippen LogP contribution < -0.4 is 0 Å². The Morgan fingerprint density at radius 3 is 2.43 bits per heavy atom. The minimum Gasteiger partial charge on any atom is -0.451 e. The molecule has 3 heteroatoms. The lowest BCUT2D eigenvalue weighted by Gasteiger charge is -2.65. The highest BCUT2D eigenvalue weighted by atomic mass is 16.6. The van der Waals surface area contributed by atoms with E-state index in [1.54, 1.807) is 0 Å². The Kier molecular flexibility index (Phi) is 2.64. The quantitative estimate of drug-likeness (QED) is 0.803. The summed E-state index contributed by atoms with van der Waals surface area (Å²) in [6.45, 7) is 10.7. The predicted molar refractivity (Wildman–Crippen MR) is 88.2 cm³/mol. The maximum atomic E-state index is 12.5. The van der Waals surface area contributed by atoms with Gasteiger partial charge in [-0.3, -0.25) is 0 Å². The number of carbonyl (C=O) groups is 1. The third kappa shape index (κ3) is 1.32. The molecule has 1 N–H and O–H groups in total. The van der Waals surface area contributed by atoms with E-state index in [-0.39, 0.29) is 10.8 Å². The highest BCUT2D eigenvalue weighted by Crippen LogP contribution is 2.73. The molecule has 2 unspecified atom stereocenters. The normalized spacial score (nSPS) is 40.0. The summed E-state index contributed by atoms with van der Waals surface area (Å²) in [7, 11) is 0. The van der Waals surface area contributed by atoms with E-state index in [4.69, 9.17) is 4.74 Å². The molecule has 1 aromatic carbocycles. The molecule has 3 atom stereocenters. The van der Waals surface area contributed by atoms with Gasteiger partial charge in [0.15, 0.2) is 5.60 Å². The van der Waals surface area contributed by atoms with E-state index in [1.165, 1.54) is 0 Å². The third-order valence-electron chi connectivity index (χ3n) is 6.95. The lowest BCUT2D eigenvalue weighted by Crippen LogP contribution is -2.79. The fourth-order valence-corrected chi connectivity index (χ4v) is 5.83. The van der Waals surface area contributed by atoms with Gasteiger partial charge in [0.1, 0.15) is 0 Å². The van der Waals surface area contributed by atoms with Crippen molar-refractivity contribution >= 4 is 5.97 Å². The number of hydrogen-bond donors (Lipinski definition) is 1. The van der Waals surface area contributed by atoms with Crippen LogP contribution in [0.1, 0.15) is 76.5 Å². The van der Waals surface area contributed by atoms with Crippen LogP contribution in [0.25, 0.3) is 0 Å². The molecule has 1 saturated carbocycles. The molecule has 2 aliphatic carbocycles. The zero-order valence-corrected chi connectivity index (χ0v) is 14.7. The van der Waals surface area contributed by atoms with Crippen molar-refractivity contribution in [3.8, 4) is 0 Å². The molecule has 23 heavy (non-hydrogen) atoms. The number of fused-ring (bicyclic) bond motifs is 3. The maximum Gasteiger partial charge on any atom is 0.347 e. The van der Waals surface area contributed by atoms with Crippen molar-refractivity contribution in [2.75, 3.05) is 0 Å². The predicted octanol–water partition coefficient (Wildman–Crippen LogP) is 3.77. The Labute approximate surface area is 138 Å². The van der Waals surface area contributed by atoms with Crippen LogP contribution in [-0.4, -0.2) is 16.7 Å². The van der Waals surface area contributed by atoms with Gasteiger partial charge in [0.25, 0.3) is 0 Å². The first-order valence-corrected chi connectivity index (χ1v) is 8.72. The van der Waals surface area contributed by atoms with E-state index >= 15 is 0 Å². The van der Waals surface area contributed by atoms with Gasteiger partial charge in [0.05, 0.1) is 0 Å². The summed E-state index contributed by atoms with van der Waals surface area (Å²) in [5, 5.41) is 11.6. The summed E-state index contributed by atoms with van der Waals surface area (Å²) < 4.78 is 5.87. The van der Waals surface area contributed by atoms with Gasteiger partial charge in [-0.15, -0.1) is 0 Å². The molecule has 0 aromatic heterocycles. The second-order valence-corrected chi connectivity index (χ2v) is 8.81. The van der Waals surface area contributed by atoms with Crippen LogP contribution in [0.2, 0.25) is 0 Å². The number of aliphatic hydroxyl groups is 1. The van der Waals surface area contributed by atoms with Crippen LogP contribution in [0.5, 0.6) is 0 Å². The van der Waals surface area contributed by atoms with Gasteiger partial charge in [0.2, 0.25) is 5.60 Å². The Balaban J connectivity index is 2.04. The molecule has 1 aliphatic heterocycles. The van der Waals surface area contributed by atoms with E-state index in [0.29, 0.717) is 5.92 Å². The topological polar surface area (TPSA) is 46.5 Å². The molecular formula is C20H26O3. The van der Waals surface area contributed by atoms with Crippen LogP contribution in [0.15, 0.2) is 18.2 Å². The van der Waals surface area contributed by atoms with Crippen molar-refractivity contribution in [3.05, 3.63) is 34.9 Å². The molecule has 3 nitrogen and oxygen atoms in total. The fourth-order valence-electron chi connectivity index (χ4n) is 5.83. The summed E-state index contributed by atoms with van der Waals surface area (Å²) >= 11 is 0. The monoisotopic (exact) mass is 314 g/mol. The maximum absolute atomic E-state index is 12.5. The molecule has 2 fully saturated rings. The standard InChI is InChI=1S/C20H26O3/c1-12(2)13-7-8-14-15(11-13)19(22)16(21)23-20(19)17(3,4)9-6-10-18(14,20)5/h7-8,11-12,22H,6,9-10H2,1-5H3/t18-,19?,20?/m1/s1. The Bertz CT molecular complexity index is 720. The highest BCUT2D eigenvalue weighted by molar-refractivity contribution is 5.93.